The van der Waals surface area contributed by atoms with Crippen LogP contribution in [0.1, 0.15) is 57.9 Å². The summed E-state index contributed by atoms with van der Waals surface area (Å²) in [6.07, 6.45) is 7.94. The van der Waals surface area contributed by atoms with E-state index in [1.165, 1.54) is 38.5 Å². The molecule has 4 bridgehead atoms. The molecule has 2 atom stereocenters. The lowest BCUT2D eigenvalue weighted by Crippen LogP contribution is -2.63. The molecule has 4 aliphatic rings. The van der Waals surface area contributed by atoms with E-state index in [4.69, 9.17) is 26.8 Å². The van der Waals surface area contributed by atoms with Gasteiger partial charge in [-0.2, -0.15) is 0 Å². The van der Waals surface area contributed by atoms with Gasteiger partial charge in [0.05, 0.1) is 12.1 Å². The third-order valence-electron chi connectivity index (χ3n) is 6.94. The van der Waals surface area contributed by atoms with E-state index in [9.17, 15) is 4.79 Å². The van der Waals surface area contributed by atoms with Gasteiger partial charge in [0.2, 0.25) is 0 Å². The lowest BCUT2D eigenvalue weighted by Gasteiger charge is -2.65. The maximum absolute atomic E-state index is 11.0. The number of hydrogen-bond acceptors (Lipinski definition) is 4. The summed E-state index contributed by atoms with van der Waals surface area (Å²) in [5.41, 5.74) is 7.40. The number of hydrogen-bond donors (Lipinski definition) is 2. The summed E-state index contributed by atoms with van der Waals surface area (Å²) in [6.45, 7) is 5.48. The molecule has 1 aromatic rings. The van der Waals surface area contributed by atoms with Crippen molar-refractivity contribution in [2.75, 3.05) is 13.7 Å². The molecule has 0 aromatic heterocycles. The molecule has 4 aliphatic carbocycles. The van der Waals surface area contributed by atoms with E-state index in [1.54, 1.807) is 7.11 Å². The maximum Gasteiger partial charge on any atom is 0.255 e. The van der Waals surface area contributed by atoms with Gasteiger partial charge in [0.1, 0.15) is 0 Å². The molecule has 0 spiro atoms. The lowest BCUT2D eigenvalue weighted by atomic mass is 9.43. The molecule has 4 saturated carbocycles. The van der Waals surface area contributed by atoms with Crippen LogP contribution in [0.4, 0.5) is 0 Å². The summed E-state index contributed by atoms with van der Waals surface area (Å²) in [5.74, 6) is 1.19. The number of halogens is 1. The summed E-state index contributed by atoms with van der Waals surface area (Å²) in [7, 11) is 1.57. The summed E-state index contributed by atoms with van der Waals surface area (Å²) >= 11 is 6.41. The minimum atomic E-state index is -0.548. The number of nitrogens with two attached hydrogens (primary N) is 1. The molecule has 0 aliphatic heterocycles. The molecule has 154 valence electrons. The molecule has 5 rings (SSSR count). The monoisotopic (exact) mass is 406 g/mol. The van der Waals surface area contributed by atoms with Gasteiger partial charge in [-0.1, -0.05) is 25.4 Å². The van der Waals surface area contributed by atoms with Crippen molar-refractivity contribution in [1.29, 1.82) is 0 Å². The van der Waals surface area contributed by atoms with Crippen LogP contribution in [-0.4, -0.2) is 25.2 Å². The molecule has 2 unspecified atom stereocenters. The molecular weight excluding hydrogens is 376 g/mol. The van der Waals surface area contributed by atoms with Crippen LogP contribution >= 0.6 is 11.6 Å². The van der Waals surface area contributed by atoms with Gasteiger partial charge in [-0.3, -0.25) is 4.79 Å². The van der Waals surface area contributed by atoms with Crippen molar-refractivity contribution in [3.63, 3.8) is 0 Å². The van der Waals surface area contributed by atoms with Gasteiger partial charge in [-0.25, -0.2) is 0 Å². The number of amides is 1. The van der Waals surface area contributed by atoms with E-state index in [0.717, 1.165) is 18.0 Å². The van der Waals surface area contributed by atoms with Crippen LogP contribution in [0, 0.1) is 16.7 Å². The largest absolute Gasteiger partial charge is 0.493 e. The van der Waals surface area contributed by atoms with Crippen molar-refractivity contribution in [3.8, 4) is 11.5 Å². The molecule has 0 radical (unpaired) electrons. The van der Waals surface area contributed by atoms with Crippen molar-refractivity contribution in [1.82, 2.24) is 5.32 Å². The molecule has 1 aromatic carbocycles. The van der Waals surface area contributed by atoms with Crippen molar-refractivity contribution in [2.24, 2.45) is 22.5 Å². The third-order valence-corrected chi connectivity index (χ3v) is 7.22. The highest BCUT2D eigenvalue weighted by atomic mass is 35.5. The number of carbonyl (C=O) groups is 1. The Bertz CT molecular complexity index is 778. The Labute approximate surface area is 172 Å². The topological polar surface area (TPSA) is 73.6 Å². The van der Waals surface area contributed by atoms with Crippen LogP contribution in [-0.2, 0) is 11.3 Å². The molecule has 6 heteroatoms. The number of ether oxygens (including phenoxy) is 2. The Hall–Kier alpha value is -1.46. The number of methoxy groups -OCH3 is 1. The highest BCUT2D eigenvalue weighted by Gasteiger charge is 2.59. The second kappa shape index (κ2) is 6.81. The van der Waals surface area contributed by atoms with Gasteiger partial charge in [0.25, 0.3) is 5.91 Å². The van der Waals surface area contributed by atoms with E-state index < -0.39 is 5.91 Å². The van der Waals surface area contributed by atoms with Gasteiger partial charge in [0, 0.05) is 12.1 Å². The first-order chi connectivity index (χ1) is 13.1. The molecule has 0 heterocycles. The first-order valence-electron chi connectivity index (χ1n) is 10.2. The average Bonchev–Trinajstić information content (AvgIpc) is 2.55. The SMILES string of the molecule is COc1cc(CNC23CC4CC(C)(CC(C)(C4)C2)C3)cc(Cl)c1OCC(N)=O. The van der Waals surface area contributed by atoms with Crippen molar-refractivity contribution in [3.05, 3.63) is 22.7 Å². The van der Waals surface area contributed by atoms with Crippen LogP contribution < -0.4 is 20.5 Å². The van der Waals surface area contributed by atoms with E-state index in [1.807, 2.05) is 12.1 Å². The number of nitrogens with one attached hydrogen (secondary N) is 1. The minimum Gasteiger partial charge on any atom is -0.493 e. The zero-order valence-corrected chi connectivity index (χ0v) is 17.8. The third kappa shape index (κ3) is 3.71. The van der Waals surface area contributed by atoms with E-state index in [2.05, 4.69) is 19.2 Å². The van der Waals surface area contributed by atoms with Crippen molar-refractivity contribution >= 4 is 17.5 Å². The first-order valence-corrected chi connectivity index (χ1v) is 10.5. The Morgan fingerprint density at radius 3 is 2.46 bits per heavy atom. The normalized spacial score (nSPS) is 35.8. The predicted molar refractivity (Wildman–Crippen MR) is 110 cm³/mol. The maximum atomic E-state index is 11.0. The molecule has 4 fully saturated rings. The Balaban J connectivity index is 1.51. The summed E-state index contributed by atoms with van der Waals surface area (Å²) in [6, 6.07) is 3.82. The fourth-order valence-electron chi connectivity index (χ4n) is 7.09. The average molecular weight is 407 g/mol. The van der Waals surface area contributed by atoms with Crippen LogP contribution in [0.3, 0.4) is 0 Å². The Morgan fingerprint density at radius 1 is 1.21 bits per heavy atom. The van der Waals surface area contributed by atoms with Crippen LogP contribution in [0.15, 0.2) is 12.1 Å². The van der Waals surface area contributed by atoms with E-state index in [0.29, 0.717) is 27.4 Å². The molecule has 1 amide bonds. The number of rotatable bonds is 7. The fraction of sp³-hybridized carbons (Fsp3) is 0.682. The number of carbonyl (C=O) groups excluding carboxylic acids is 1. The van der Waals surface area contributed by atoms with E-state index >= 15 is 0 Å². The standard InChI is InChI=1S/C22H31ClN2O3/c1-20-6-15-7-21(2,11-20)13-22(8-15,12-20)25-9-14-4-16(23)19(17(5-14)27-3)28-10-18(24)26/h4-5,15,25H,6-13H2,1-3H3,(H2,24,26). The summed E-state index contributed by atoms with van der Waals surface area (Å²) in [4.78, 5) is 11.0. The van der Waals surface area contributed by atoms with Gasteiger partial charge in [-0.05, 0) is 73.0 Å². The quantitative estimate of drug-likeness (QED) is 0.716. The second-order valence-corrected chi connectivity index (χ2v) is 10.5. The molecule has 28 heavy (non-hydrogen) atoms. The first kappa shape index (κ1) is 19.8. The zero-order valence-electron chi connectivity index (χ0n) is 17.1. The molecule has 3 N–H and O–H groups in total. The summed E-state index contributed by atoms with van der Waals surface area (Å²) < 4.78 is 10.9. The Kier molecular flexibility index (Phi) is 4.82. The lowest BCUT2D eigenvalue weighted by molar-refractivity contribution is -0.120. The smallest absolute Gasteiger partial charge is 0.255 e. The molecule has 0 saturated heterocycles. The van der Waals surface area contributed by atoms with Gasteiger partial charge in [0.15, 0.2) is 18.1 Å². The molecule has 5 nitrogen and oxygen atoms in total. The highest BCUT2D eigenvalue weighted by Crippen LogP contribution is 2.66. The van der Waals surface area contributed by atoms with Crippen LogP contribution in [0.2, 0.25) is 5.02 Å². The van der Waals surface area contributed by atoms with Gasteiger partial charge < -0.3 is 20.5 Å². The number of primary amides is 1. The van der Waals surface area contributed by atoms with Crippen molar-refractivity contribution < 1.29 is 14.3 Å². The van der Waals surface area contributed by atoms with Gasteiger partial charge in [-0.15, -0.1) is 0 Å². The second-order valence-electron chi connectivity index (χ2n) is 10.1. The van der Waals surface area contributed by atoms with Gasteiger partial charge >= 0.3 is 0 Å². The fourth-order valence-corrected chi connectivity index (χ4v) is 7.38. The van der Waals surface area contributed by atoms with Crippen molar-refractivity contribution in [2.45, 2.75) is 64.5 Å². The highest BCUT2D eigenvalue weighted by molar-refractivity contribution is 6.32. The minimum absolute atomic E-state index is 0.226. The van der Waals surface area contributed by atoms with Crippen LogP contribution in [0.25, 0.3) is 0 Å². The van der Waals surface area contributed by atoms with Crippen LogP contribution in [0.5, 0.6) is 11.5 Å². The Morgan fingerprint density at radius 2 is 1.89 bits per heavy atom. The molecular formula is C22H31ClN2O3. The predicted octanol–water partition coefficient (Wildman–Crippen LogP) is 4.05. The summed E-state index contributed by atoms with van der Waals surface area (Å²) in [5, 5.41) is 4.35. The van der Waals surface area contributed by atoms with E-state index in [-0.39, 0.29) is 12.1 Å². The number of benzene rings is 1. The zero-order chi connectivity index (χ0) is 20.2.